The van der Waals surface area contributed by atoms with Crippen molar-refractivity contribution < 1.29 is 131 Å². The van der Waals surface area contributed by atoms with E-state index < -0.39 is 124 Å². The normalized spacial score (nSPS) is 33.6. The fraction of sp³-hybridized carbons (Fsp3) is 0.622. The van der Waals surface area contributed by atoms with E-state index in [1.165, 1.54) is 37.7 Å². The average Bonchev–Trinajstić information content (AvgIpc) is 1.60. The minimum atomic E-state index is -0.886. The summed E-state index contributed by atoms with van der Waals surface area (Å²) in [4.78, 5) is 60.3. The molecule has 148 heavy (non-hydrogen) atoms. The largest absolute Gasteiger partial charge is 0.396 e. The third-order valence-electron chi connectivity index (χ3n) is 28.7. The van der Waals surface area contributed by atoms with Crippen LogP contribution in [0.4, 0.5) is 50.9 Å². The standard InChI is InChI=1S/2C14H15F2N3O2.2C14H17FN4O2.C11H15FN4O2.C8H14O3.2C8H12O3.C6H3F2N3.CH4.ClH/c1-14(2)20-9-4-3-8(12(9)21-14)19-6-18-10-11(19)7(15)5-17-13(10)16;1-14(2)20-9-4-3-8(12(9)21-14)19-6-18-10-7(15)5-17-13(16)11(10)19;1-14(2)20-9-4-3-8(12(9)21-14)19-6-18-10-11(19)7(16)5-17-13(10)15;1-14(2)20-9-4-3-8(12(9)21-14)19-6-18-10-7(16)5-17-13(15)11(10)19;12-5-3-14-11(13)8-9(5)16(4-15-8)6-1-2-7(17)10(6)18;3*1-8(2)10-6-4-3-5(9)7(6)11-8;7-3-1-9-6(8)5-4(3)10-2-11-5;;/h2*5-6,8-9,12H,3-4H2,1-2H3;2*5-6,8-9,12H,3-4,16H2,1-2H3;3-4,6-10,17-18H,1-2H2,(H2,13,14);5-7,9H,3-4H2,1-2H3;6-7H,3-4H2,1-2H3;3-7,9H,1-2H3;1-2H,(H,10,11);1H4;1H/t4*8-,9-,12+;6-,7-,8?,9?,10+;5-,6+,7-;6-,7+;5-,6+,7-;;;/m11111010.../s1. The van der Waals surface area contributed by atoms with Gasteiger partial charge in [-0.05, 0) is 180 Å². The molecule has 19 heterocycles. The van der Waals surface area contributed by atoms with Crippen LogP contribution in [-0.2, 0) is 71.1 Å². The third-order valence-corrected chi connectivity index (χ3v) is 28.7. The van der Waals surface area contributed by atoms with Crippen LogP contribution in [0.25, 0.3) is 55.2 Å². The summed E-state index contributed by atoms with van der Waals surface area (Å²) in [6.45, 7) is 26.2. The van der Waals surface area contributed by atoms with Gasteiger partial charge in [0.05, 0.1) is 171 Å². The van der Waals surface area contributed by atoms with Gasteiger partial charge in [0.15, 0.2) is 63.7 Å². The number of aliphatic hydroxyl groups excluding tert-OH is 4. The molecule has 10 aromatic rings. The Hall–Kier alpha value is -10.3. The Bertz CT molecular complexity index is 6120. The zero-order chi connectivity index (χ0) is 104. The number of pyridine rings is 5. The zero-order valence-corrected chi connectivity index (χ0v) is 83.8. The van der Waals surface area contributed by atoms with Crippen LogP contribution in [0.2, 0.25) is 0 Å². The van der Waals surface area contributed by atoms with Crippen molar-refractivity contribution in [1.82, 2.24) is 78.0 Å². The second kappa shape index (κ2) is 41.7. The number of nitrogens with one attached hydrogen (secondary N) is 1. The number of aromatic amines is 1. The SMILES string of the molecule is C.CC1(C)O[C@@H]2CCC(=O)[C@@H]2O1.CC1(C)O[C@H]2[C@@H](O)C=C[C@H]2O1.CC1(C)O[C@H]2[C@@H](O)CC[C@H]2O1.CC1(C)O[C@H]2[C@H](n3cnc4c(F)cnc(F)c43)CC[C@H]2O1.CC1(C)O[C@H]2[C@H](n3cnc4c(F)ncc(F)c43)CC[C@H]2O1.CC1(C)O[C@H]2[C@H](n3cnc4c(F)ncc(N)c43)CC[C@H]2O1.CC1(C)O[C@H]2[C@H](n3cnc4c(N)cnc(F)c43)CC[C@H]2O1.Cl.Fc1cnc(F)c2[nH]cnc12.NC1=NC=C(F)C2C1N=CN2[C@@H]1CC[C@@H](O)[C@H]1O. The number of halogens is 10. The van der Waals surface area contributed by atoms with Crippen molar-refractivity contribution in [2.24, 2.45) is 15.7 Å². The molecular formula is C98H125ClF9N21O19. The number of nitrogens with two attached hydrogens (primary N) is 3. The Morgan fingerprint density at radius 3 is 1.28 bits per heavy atom. The molecule has 9 aliphatic heterocycles. The molecule has 40 nitrogen and oxygen atoms in total. The van der Waals surface area contributed by atoms with Crippen molar-refractivity contribution in [3.8, 4) is 0 Å². The van der Waals surface area contributed by atoms with E-state index in [2.05, 4.69) is 64.8 Å². The molecule has 10 aromatic heterocycles. The fourth-order valence-corrected chi connectivity index (χ4v) is 22.8. The predicted octanol–water partition coefficient (Wildman–Crippen LogP) is 12.5. The van der Waals surface area contributed by atoms with E-state index in [4.69, 9.17) is 83.5 Å². The number of hydrogen-bond donors (Lipinski definition) is 8. The van der Waals surface area contributed by atoms with Gasteiger partial charge in [0.25, 0.3) is 0 Å². The number of carbonyl (C=O) groups is 1. The van der Waals surface area contributed by atoms with Crippen molar-refractivity contribution >= 4 is 96.9 Å². The van der Waals surface area contributed by atoms with E-state index in [9.17, 15) is 64.7 Å². The van der Waals surface area contributed by atoms with Crippen LogP contribution >= 0.6 is 12.4 Å². The molecule has 0 bridgehead atoms. The Kier molecular flexibility index (Phi) is 30.7. The number of hydrogen-bond acceptors (Lipinski definition) is 35. The van der Waals surface area contributed by atoms with E-state index >= 15 is 0 Å². The summed E-state index contributed by atoms with van der Waals surface area (Å²) in [5.74, 6) is -9.19. The maximum absolute atomic E-state index is 14.1. The van der Waals surface area contributed by atoms with E-state index in [-0.39, 0.29) is 192 Å². The summed E-state index contributed by atoms with van der Waals surface area (Å²) in [7, 11) is 0. The highest BCUT2D eigenvalue weighted by Gasteiger charge is 2.57. The number of nitrogens with zero attached hydrogens (tertiary/aromatic N) is 17. The Morgan fingerprint density at radius 2 is 0.777 bits per heavy atom. The number of aromatic nitrogens is 15. The van der Waals surface area contributed by atoms with E-state index in [0.717, 1.165) is 95.4 Å². The monoisotopic (exact) mass is 2110 g/mol. The highest BCUT2D eigenvalue weighted by atomic mass is 35.5. The summed E-state index contributed by atoms with van der Waals surface area (Å²) < 4.78 is 210. The number of fused-ring (bicyclic) bond motifs is 13. The van der Waals surface area contributed by atoms with Crippen LogP contribution in [0.1, 0.15) is 218 Å². The number of ketones is 1. The minimum Gasteiger partial charge on any atom is -0.396 e. The smallest absolute Gasteiger partial charge is 0.241 e. The maximum atomic E-state index is 14.1. The first-order valence-electron chi connectivity index (χ1n) is 48.9. The highest BCUT2D eigenvalue weighted by molar-refractivity contribution is 5.92. The Labute approximate surface area is 850 Å². The number of aliphatic hydroxyl groups is 4. The minimum absolute atomic E-state index is 0. The van der Waals surface area contributed by atoms with Gasteiger partial charge in [0, 0.05) is 6.42 Å². The lowest BCUT2D eigenvalue weighted by molar-refractivity contribution is -0.161. The van der Waals surface area contributed by atoms with Crippen LogP contribution in [0.5, 0.6) is 0 Å². The van der Waals surface area contributed by atoms with Gasteiger partial charge >= 0.3 is 0 Å². The Morgan fingerprint density at radius 1 is 0.378 bits per heavy atom. The molecule has 50 heteroatoms. The summed E-state index contributed by atoms with van der Waals surface area (Å²) in [5.41, 5.74) is 20.0. The van der Waals surface area contributed by atoms with Gasteiger partial charge in [-0.15, -0.1) is 12.4 Å². The molecule has 14 fully saturated rings. The molecule has 0 amide bonds. The predicted molar refractivity (Wildman–Crippen MR) is 515 cm³/mol. The van der Waals surface area contributed by atoms with Gasteiger partial charge in [-0.1, -0.05) is 19.6 Å². The van der Waals surface area contributed by atoms with Crippen LogP contribution in [0.3, 0.4) is 0 Å². The highest BCUT2D eigenvalue weighted by Crippen LogP contribution is 2.51. The topological polar surface area (TPSA) is 498 Å². The van der Waals surface area contributed by atoms with Gasteiger partial charge < -0.3 is 132 Å². The summed E-state index contributed by atoms with van der Waals surface area (Å²) in [6.07, 6.45) is 26.4. The summed E-state index contributed by atoms with van der Waals surface area (Å²) in [5, 5.41) is 38.2. The number of nitrogen functional groups attached to an aromatic ring is 2. The molecule has 806 valence electrons. The van der Waals surface area contributed by atoms with Gasteiger partial charge in [0.2, 0.25) is 29.7 Å². The first-order chi connectivity index (χ1) is 69.0. The molecule has 25 atom stereocenters. The molecule has 8 aliphatic carbocycles. The number of H-pyrrole nitrogens is 1. The van der Waals surface area contributed by atoms with E-state index in [0.29, 0.717) is 47.2 Å². The zero-order valence-electron chi connectivity index (χ0n) is 83.0. The lowest BCUT2D eigenvalue weighted by atomic mass is 10.0. The van der Waals surface area contributed by atoms with Crippen molar-refractivity contribution in [3.05, 3.63) is 134 Å². The number of ether oxygens (including phenoxy) is 14. The fourth-order valence-electron chi connectivity index (χ4n) is 22.8. The van der Waals surface area contributed by atoms with Crippen molar-refractivity contribution in [2.75, 3.05) is 11.5 Å². The number of carbonyl (C=O) groups excluding carboxylic acids is 1. The molecule has 7 saturated carbocycles. The maximum Gasteiger partial charge on any atom is 0.241 e. The number of rotatable bonds is 5. The van der Waals surface area contributed by atoms with Crippen LogP contribution < -0.4 is 17.2 Å². The second-order valence-corrected chi connectivity index (χ2v) is 42.1. The first kappa shape index (κ1) is 109. The number of amidine groups is 1. The summed E-state index contributed by atoms with van der Waals surface area (Å²) >= 11 is 0. The molecule has 17 aliphatic rings. The van der Waals surface area contributed by atoms with Gasteiger partial charge in [-0.2, -0.15) is 22.0 Å². The lowest BCUT2D eigenvalue weighted by Gasteiger charge is -2.34. The number of anilines is 2. The Balaban J connectivity index is 0.000000115. The molecular weight excluding hydrogens is 1980 g/mol. The molecule has 11 N–H and O–H groups in total. The molecule has 2 unspecified atom stereocenters. The second-order valence-electron chi connectivity index (χ2n) is 42.1. The van der Waals surface area contributed by atoms with Gasteiger partial charge in [-0.3, -0.25) is 9.79 Å². The molecule has 0 spiro atoms. The van der Waals surface area contributed by atoms with Crippen molar-refractivity contribution in [3.63, 3.8) is 0 Å². The third kappa shape index (κ3) is 21.7. The first-order valence-corrected chi connectivity index (χ1v) is 48.9. The van der Waals surface area contributed by atoms with Crippen LogP contribution in [0.15, 0.2) is 96.8 Å². The van der Waals surface area contributed by atoms with Crippen LogP contribution in [0, 0.1) is 47.2 Å². The summed E-state index contributed by atoms with van der Waals surface area (Å²) in [6, 6.07) is -1.69. The number of aliphatic imine (C=N–C) groups is 2. The van der Waals surface area contributed by atoms with Crippen molar-refractivity contribution in [2.45, 2.75) is 387 Å². The average molecular weight is 2110 g/mol. The lowest BCUT2D eigenvalue weighted by Crippen LogP contribution is -2.51. The molecule has 0 radical (unpaired) electrons. The molecule has 7 saturated heterocycles. The number of Topliss-reactive ketones (excluding diaryl/α,β-unsaturated/α-hetero) is 1. The van der Waals surface area contributed by atoms with Crippen molar-refractivity contribution in [1.29, 1.82) is 0 Å². The molecule has 27 rings (SSSR count). The van der Waals surface area contributed by atoms with Crippen LogP contribution in [-0.4, -0.2) is 285 Å². The van der Waals surface area contributed by atoms with Gasteiger partial charge in [0.1, 0.15) is 134 Å². The van der Waals surface area contributed by atoms with E-state index in [1.54, 1.807) is 37.3 Å². The van der Waals surface area contributed by atoms with Gasteiger partial charge in [-0.25, -0.2) is 72.4 Å². The quantitative estimate of drug-likeness (QED) is 0.0451. The van der Waals surface area contributed by atoms with E-state index in [1.807, 2.05) is 108 Å². The molecule has 0 aromatic carbocycles. The number of imidazole rings is 5.